The SMILES string of the molecule is Clc1ccc(CCC2(Cn3ccnc3)OCC(CSCc3cccc(Cl)c3)O2)cc1. The van der Waals surface area contributed by atoms with E-state index in [0.717, 1.165) is 34.4 Å². The van der Waals surface area contributed by atoms with Gasteiger partial charge >= 0.3 is 0 Å². The highest BCUT2D eigenvalue weighted by Gasteiger charge is 2.41. The lowest BCUT2D eigenvalue weighted by molar-refractivity contribution is -0.180. The fourth-order valence-corrected chi connectivity index (χ4v) is 4.87. The van der Waals surface area contributed by atoms with Gasteiger partial charge in [0.15, 0.2) is 5.79 Å². The molecule has 4 rings (SSSR count). The fraction of sp³-hybridized carbons (Fsp3) is 0.348. The van der Waals surface area contributed by atoms with Crippen LogP contribution in [0.4, 0.5) is 0 Å². The predicted molar refractivity (Wildman–Crippen MR) is 123 cm³/mol. The standard InChI is InChI=1S/C23H24Cl2N2O2S/c24-20-6-4-18(5-7-20)8-9-23(16-27-11-10-26-17-27)28-13-22(29-23)15-30-14-19-2-1-3-21(25)12-19/h1-7,10-12,17,22H,8-9,13-16H2. The number of halogens is 2. The number of thioether (sulfide) groups is 1. The first-order chi connectivity index (χ1) is 14.6. The van der Waals surface area contributed by atoms with Gasteiger partial charge in [0.1, 0.15) is 0 Å². The molecule has 2 aromatic carbocycles. The second-order valence-electron chi connectivity index (χ2n) is 7.47. The molecular weight excluding hydrogens is 439 g/mol. The molecule has 0 saturated carbocycles. The molecule has 0 N–H and O–H groups in total. The largest absolute Gasteiger partial charge is 0.345 e. The maximum Gasteiger partial charge on any atom is 0.187 e. The van der Waals surface area contributed by atoms with Crippen LogP contribution in [0, 0.1) is 0 Å². The Hall–Kier alpha value is -1.50. The van der Waals surface area contributed by atoms with Crippen molar-refractivity contribution in [2.24, 2.45) is 0 Å². The smallest absolute Gasteiger partial charge is 0.187 e. The Balaban J connectivity index is 1.35. The van der Waals surface area contributed by atoms with E-state index in [0.29, 0.717) is 13.2 Å². The van der Waals surface area contributed by atoms with E-state index in [-0.39, 0.29) is 6.10 Å². The molecule has 2 unspecified atom stereocenters. The summed E-state index contributed by atoms with van der Waals surface area (Å²) < 4.78 is 14.8. The summed E-state index contributed by atoms with van der Waals surface area (Å²) in [5.74, 6) is 1.13. The monoisotopic (exact) mass is 462 g/mol. The number of rotatable bonds is 9. The summed E-state index contributed by atoms with van der Waals surface area (Å²) in [6, 6.07) is 15.9. The van der Waals surface area contributed by atoms with Gasteiger partial charge in [-0.3, -0.25) is 0 Å². The lowest BCUT2D eigenvalue weighted by Crippen LogP contribution is -2.37. The molecule has 158 valence electrons. The number of aryl methyl sites for hydroxylation is 1. The summed E-state index contributed by atoms with van der Waals surface area (Å²) in [6.07, 6.45) is 7.20. The van der Waals surface area contributed by atoms with Crippen molar-refractivity contribution in [3.05, 3.63) is 88.4 Å². The van der Waals surface area contributed by atoms with Gasteiger partial charge in [-0.25, -0.2) is 4.98 Å². The number of ether oxygens (including phenoxy) is 2. The van der Waals surface area contributed by atoms with Crippen LogP contribution >= 0.6 is 35.0 Å². The Morgan fingerprint density at radius 2 is 1.97 bits per heavy atom. The Morgan fingerprint density at radius 1 is 1.10 bits per heavy atom. The molecule has 0 aliphatic carbocycles. The summed E-state index contributed by atoms with van der Waals surface area (Å²) in [4.78, 5) is 4.15. The Bertz CT molecular complexity index is 937. The summed E-state index contributed by atoms with van der Waals surface area (Å²) in [5, 5.41) is 1.52. The van der Waals surface area contributed by atoms with Crippen LogP contribution in [0.2, 0.25) is 10.0 Å². The van der Waals surface area contributed by atoms with E-state index < -0.39 is 5.79 Å². The van der Waals surface area contributed by atoms with Crippen LogP contribution in [0.3, 0.4) is 0 Å². The Morgan fingerprint density at radius 3 is 2.73 bits per heavy atom. The van der Waals surface area contributed by atoms with Gasteiger partial charge in [0, 0.05) is 40.4 Å². The summed E-state index contributed by atoms with van der Waals surface area (Å²) in [6.45, 7) is 1.22. The lowest BCUT2D eigenvalue weighted by Gasteiger charge is -2.28. The molecule has 0 radical (unpaired) electrons. The van der Waals surface area contributed by atoms with Gasteiger partial charge in [-0.05, 0) is 41.8 Å². The first-order valence-corrected chi connectivity index (χ1v) is 11.9. The molecule has 0 bridgehead atoms. The second-order valence-corrected chi connectivity index (χ2v) is 9.37. The molecule has 1 saturated heterocycles. The number of hydrogen-bond acceptors (Lipinski definition) is 4. The minimum atomic E-state index is -0.651. The van der Waals surface area contributed by atoms with Gasteiger partial charge in [0.2, 0.25) is 0 Å². The molecule has 30 heavy (non-hydrogen) atoms. The van der Waals surface area contributed by atoms with Crippen molar-refractivity contribution in [1.29, 1.82) is 0 Å². The van der Waals surface area contributed by atoms with Crippen LogP contribution < -0.4 is 0 Å². The molecule has 0 spiro atoms. The fourth-order valence-electron chi connectivity index (χ4n) is 3.57. The number of imidazole rings is 1. The van der Waals surface area contributed by atoms with E-state index in [1.54, 1.807) is 12.5 Å². The van der Waals surface area contributed by atoms with Gasteiger partial charge in [-0.2, -0.15) is 11.8 Å². The first kappa shape index (κ1) is 21.7. The zero-order valence-electron chi connectivity index (χ0n) is 16.5. The predicted octanol–water partition coefficient (Wildman–Crippen LogP) is 5.87. The molecule has 1 fully saturated rings. The summed E-state index contributed by atoms with van der Waals surface area (Å²) in [5.41, 5.74) is 2.44. The molecule has 2 atom stereocenters. The van der Waals surface area contributed by atoms with Crippen LogP contribution in [0.1, 0.15) is 17.5 Å². The molecule has 1 aliphatic rings. The Kier molecular flexibility index (Phi) is 7.39. The maximum absolute atomic E-state index is 6.49. The minimum absolute atomic E-state index is 0.0583. The van der Waals surface area contributed by atoms with Crippen LogP contribution in [0.5, 0.6) is 0 Å². The van der Waals surface area contributed by atoms with Crippen LogP contribution in [-0.2, 0) is 28.2 Å². The van der Waals surface area contributed by atoms with E-state index >= 15 is 0 Å². The van der Waals surface area contributed by atoms with Crippen molar-refractivity contribution in [2.45, 2.75) is 37.0 Å². The molecule has 2 heterocycles. The molecule has 3 aromatic rings. The highest BCUT2D eigenvalue weighted by molar-refractivity contribution is 7.98. The van der Waals surface area contributed by atoms with E-state index in [4.69, 9.17) is 32.7 Å². The topological polar surface area (TPSA) is 36.3 Å². The molecule has 0 amide bonds. The zero-order valence-corrected chi connectivity index (χ0v) is 18.9. The van der Waals surface area contributed by atoms with Gasteiger partial charge < -0.3 is 14.0 Å². The third kappa shape index (κ3) is 6.02. The van der Waals surface area contributed by atoms with Crippen molar-refractivity contribution >= 4 is 35.0 Å². The van der Waals surface area contributed by atoms with Crippen LogP contribution in [-0.4, -0.2) is 33.8 Å². The van der Waals surface area contributed by atoms with Crippen molar-refractivity contribution in [3.63, 3.8) is 0 Å². The van der Waals surface area contributed by atoms with Crippen LogP contribution in [0.15, 0.2) is 67.3 Å². The second kappa shape index (κ2) is 10.2. The van der Waals surface area contributed by atoms with E-state index in [9.17, 15) is 0 Å². The normalized spacial score (nSPS) is 21.2. The zero-order chi connectivity index (χ0) is 20.8. The average Bonchev–Trinajstić information content (AvgIpc) is 3.39. The third-order valence-electron chi connectivity index (χ3n) is 5.07. The van der Waals surface area contributed by atoms with Crippen molar-refractivity contribution < 1.29 is 9.47 Å². The third-order valence-corrected chi connectivity index (χ3v) is 6.70. The number of benzene rings is 2. The highest BCUT2D eigenvalue weighted by Crippen LogP contribution is 2.32. The highest BCUT2D eigenvalue weighted by atomic mass is 35.5. The van der Waals surface area contributed by atoms with E-state index in [2.05, 4.69) is 23.2 Å². The lowest BCUT2D eigenvalue weighted by atomic mass is 10.0. The summed E-state index contributed by atoms with van der Waals surface area (Å²) >= 11 is 13.9. The average molecular weight is 463 g/mol. The van der Waals surface area contributed by atoms with E-state index in [1.165, 1.54) is 11.1 Å². The molecule has 1 aliphatic heterocycles. The van der Waals surface area contributed by atoms with Crippen LogP contribution in [0.25, 0.3) is 0 Å². The van der Waals surface area contributed by atoms with Crippen molar-refractivity contribution in [1.82, 2.24) is 9.55 Å². The van der Waals surface area contributed by atoms with Gasteiger partial charge in [0.05, 0.1) is 25.6 Å². The van der Waals surface area contributed by atoms with Gasteiger partial charge in [-0.15, -0.1) is 0 Å². The number of nitrogens with zero attached hydrogens (tertiary/aromatic N) is 2. The molecular formula is C23H24Cl2N2O2S. The first-order valence-electron chi connectivity index (χ1n) is 9.94. The molecule has 7 heteroatoms. The molecule has 4 nitrogen and oxygen atoms in total. The number of aromatic nitrogens is 2. The Labute approximate surface area is 191 Å². The van der Waals surface area contributed by atoms with Gasteiger partial charge in [-0.1, -0.05) is 47.5 Å². The maximum atomic E-state index is 6.49. The van der Waals surface area contributed by atoms with Gasteiger partial charge in [0.25, 0.3) is 0 Å². The quantitative estimate of drug-likeness (QED) is 0.398. The minimum Gasteiger partial charge on any atom is -0.345 e. The summed E-state index contributed by atoms with van der Waals surface area (Å²) in [7, 11) is 0. The number of hydrogen-bond donors (Lipinski definition) is 0. The van der Waals surface area contributed by atoms with E-state index in [1.807, 2.05) is 52.9 Å². The van der Waals surface area contributed by atoms with Crippen molar-refractivity contribution in [3.8, 4) is 0 Å². The van der Waals surface area contributed by atoms with Crippen molar-refractivity contribution in [2.75, 3.05) is 12.4 Å². The molecule has 1 aromatic heterocycles.